The van der Waals surface area contributed by atoms with Crippen LogP contribution in [-0.4, -0.2) is 26.2 Å². The molecule has 0 aliphatic carbocycles. The summed E-state index contributed by atoms with van der Waals surface area (Å²) >= 11 is 0. The van der Waals surface area contributed by atoms with E-state index in [1.54, 1.807) is 12.1 Å². The summed E-state index contributed by atoms with van der Waals surface area (Å²) in [5.74, 6) is 0.824. The number of fused-ring (bicyclic) bond motifs is 1. The molecule has 110 valence electrons. The van der Waals surface area contributed by atoms with Crippen LogP contribution in [-0.2, 0) is 16.3 Å². The zero-order chi connectivity index (χ0) is 15.0. The molecule has 0 saturated carbocycles. The van der Waals surface area contributed by atoms with E-state index in [9.17, 15) is 8.42 Å². The number of aromatic nitrogens is 1. The van der Waals surface area contributed by atoms with E-state index < -0.39 is 9.84 Å². The molecule has 1 unspecified atom stereocenters. The summed E-state index contributed by atoms with van der Waals surface area (Å²) in [4.78, 5) is 6.82. The lowest BCUT2D eigenvalue weighted by molar-refractivity contribution is 0.600. The molecular formula is C16H18N2O2S. The Kier molecular flexibility index (Phi) is 3.45. The Balaban J connectivity index is 1.92. The Hall–Kier alpha value is -1.88. The highest BCUT2D eigenvalue weighted by Crippen LogP contribution is 2.32. The van der Waals surface area contributed by atoms with Gasteiger partial charge in [-0.3, -0.25) is 0 Å². The van der Waals surface area contributed by atoms with Crippen LogP contribution in [0.1, 0.15) is 24.1 Å². The maximum absolute atomic E-state index is 11.5. The normalized spacial score (nSPS) is 18.4. The van der Waals surface area contributed by atoms with Crippen molar-refractivity contribution < 1.29 is 8.42 Å². The number of anilines is 1. The molecule has 1 aromatic carbocycles. The average molecular weight is 302 g/mol. The molecule has 0 amide bonds. The smallest absolute Gasteiger partial charge is 0.177 e. The van der Waals surface area contributed by atoms with Crippen molar-refractivity contribution in [1.29, 1.82) is 0 Å². The number of hydrogen-bond acceptors (Lipinski definition) is 4. The second-order valence-corrected chi connectivity index (χ2v) is 7.46. The van der Waals surface area contributed by atoms with Crippen LogP contribution >= 0.6 is 0 Å². The molecule has 0 saturated heterocycles. The molecule has 1 atom stereocenters. The Bertz CT molecular complexity index is 754. The van der Waals surface area contributed by atoms with E-state index in [0.29, 0.717) is 0 Å². The fourth-order valence-corrected chi connectivity index (χ4v) is 3.41. The van der Waals surface area contributed by atoms with Gasteiger partial charge in [0.1, 0.15) is 5.82 Å². The monoisotopic (exact) mass is 302 g/mol. The fourth-order valence-electron chi connectivity index (χ4n) is 2.85. The molecule has 1 aliphatic heterocycles. The van der Waals surface area contributed by atoms with Gasteiger partial charge in [0.05, 0.1) is 10.9 Å². The van der Waals surface area contributed by atoms with Gasteiger partial charge in [0, 0.05) is 19.0 Å². The fraction of sp³-hybridized carbons (Fsp3) is 0.312. The number of sulfone groups is 1. The van der Waals surface area contributed by atoms with Crippen LogP contribution < -0.4 is 4.90 Å². The van der Waals surface area contributed by atoms with Gasteiger partial charge in [0.15, 0.2) is 9.84 Å². The number of hydrogen-bond donors (Lipinski definition) is 0. The molecule has 0 N–H and O–H groups in total. The number of pyridine rings is 1. The van der Waals surface area contributed by atoms with Crippen LogP contribution in [0.15, 0.2) is 47.5 Å². The summed E-state index contributed by atoms with van der Waals surface area (Å²) in [7, 11) is -3.19. The first kappa shape index (κ1) is 14.1. The van der Waals surface area contributed by atoms with Crippen LogP contribution in [0.3, 0.4) is 0 Å². The third kappa shape index (κ3) is 2.65. The Morgan fingerprint density at radius 1 is 1.19 bits per heavy atom. The number of benzene rings is 1. The Morgan fingerprint density at radius 3 is 2.62 bits per heavy atom. The first-order chi connectivity index (χ1) is 9.97. The highest BCUT2D eigenvalue weighted by Gasteiger charge is 2.24. The van der Waals surface area contributed by atoms with Crippen LogP contribution in [0.5, 0.6) is 0 Å². The highest BCUT2D eigenvalue weighted by molar-refractivity contribution is 7.90. The minimum Gasteiger partial charge on any atom is -0.350 e. The van der Waals surface area contributed by atoms with Crippen molar-refractivity contribution in [2.45, 2.75) is 24.3 Å². The lowest BCUT2D eigenvalue weighted by Crippen LogP contribution is -2.34. The minimum absolute atomic E-state index is 0.242. The van der Waals surface area contributed by atoms with Crippen molar-refractivity contribution in [3.63, 3.8) is 0 Å². The molecule has 2 aromatic rings. The van der Waals surface area contributed by atoms with Crippen molar-refractivity contribution in [2.75, 3.05) is 17.7 Å². The first-order valence-electron chi connectivity index (χ1n) is 6.97. The molecule has 5 heteroatoms. The predicted molar refractivity (Wildman–Crippen MR) is 83.3 cm³/mol. The molecule has 21 heavy (non-hydrogen) atoms. The SMILES string of the molecule is CC1c2ccccc2CCN1c1ccc(S(C)(=O)=O)cn1. The third-order valence-corrected chi connectivity index (χ3v) is 5.14. The summed E-state index contributed by atoms with van der Waals surface area (Å²) < 4.78 is 23.0. The zero-order valence-corrected chi connectivity index (χ0v) is 13.0. The van der Waals surface area contributed by atoms with Gasteiger partial charge in [-0.15, -0.1) is 0 Å². The molecule has 2 heterocycles. The van der Waals surface area contributed by atoms with Gasteiger partial charge in [-0.05, 0) is 36.6 Å². The van der Waals surface area contributed by atoms with E-state index in [1.165, 1.54) is 23.6 Å². The Labute approximate surface area is 125 Å². The van der Waals surface area contributed by atoms with Gasteiger partial charge in [-0.25, -0.2) is 13.4 Å². The maximum atomic E-state index is 11.5. The van der Waals surface area contributed by atoms with Crippen LogP contribution in [0, 0.1) is 0 Å². The zero-order valence-electron chi connectivity index (χ0n) is 12.2. The first-order valence-corrected chi connectivity index (χ1v) is 8.86. The highest BCUT2D eigenvalue weighted by atomic mass is 32.2. The van der Waals surface area contributed by atoms with Crippen LogP contribution in [0.25, 0.3) is 0 Å². The second-order valence-electron chi connectivity index (χ2n) is 5.44. The quantitative estimate of drug-likeness (QED) is 0.855. The largest absolute Gasteiger partial charge is 0.350 e. The molecule has 0 fully saturated rings. The van der Waals surface area contributed by atoms with E-state index in [2.05, 4.69) is 41.1 Å². The molecule has 1 aromatic heterocycles. The van der Waals surface area contributed by atoms with Gasteiger partial charge in [-0.1, -0.05) is 24.3 Å². The van der Waals surface area contributed by atoms with E-state index in [4.69, 9.17) is 0 Å². The predicted octanol–water partition coefficient (Wildman–Crippen LogP) is 2.61. The Morgan fingerprint density at radius 2 is 1.95 bits per heavy atom. The average Bonchev–Trinajstić information content (AvgIpc) is 2.47. The second kappa shape index (κ2) is 5.15. The molecule has 3 rings (SSSR count). The van der Waals surface area contributed by atoms with Gasteiger partial charge in [0.25, 0.3) is 0 Å². The van der Waals surface area contributed by atoms with Crippen molar-refractivity contribution >= 4 is 15.7 Å². The standard InChI is InChI=1S/C16H18N2O2S/c1-12-15-6-4-3-5-13(15)9-10-18(12)16-8-7-14(11-17-16)21(2,19)20/h3-8,11-12H,9-10H2,1-2H3. The van der Waals surface area contributed by atoms with Crippen LogP contribution in [0.4, 0.5) is 5.82 Å². The maximum Gasteiger partial charge on any atom is 0.177 e. The van der Waals surface area contributed by atoms with Gasteiger partial charge in [0.2, 0.25) is 0 Å². The van der Waals surface area contributed by atoms with Crippen molar-refractivity contribution in [2.24, 2.45) is 0 Å². The third-order valence-electron chi connectivity index (χ3n) is 4.04. The van der Waals surface area contributed by atoms with E-state index in [-0.39, 0.29) is 10.9 Å². The number of rotatable bonds is 2. The number of nitrogens with zero attached hydrogens (tertiary/aromatic N) is 2. The molecular weight excluding hydrogens is 284 g/mol. The van der Waals surface area contributed by atoms with Crippen molar-refractivity contribution in [3.05, 3.63) is 53.7 Å². The molecule has 1 aliphatic rings. The van der Waals surface area contributed by atoms with Gasteiger partial charge < -0.3 is 4.90 Å². The lowest BCUT2D eigenvalue weighted by Gasteiger charge is -2.36. The van der Waals surface area contributed by atoms with Gasteiger partial charge in [-0.2, -0.15) is 0 Å². The molecule has 0 spiro atoms. The summed E-state index contributed by atoms with van der Waals surface area (Å²) in [5.41, 5.74) is 2.70. The van der Waals surface area contributed by atoms with E-state index in [1.807, 2.05) is 0 Å². The summed E-state index contributed by atoms with van der Waals surface area (Å²) in [6.07, 6.45) is 3.62. The summed E-state index contributed by atoms with van der Waals surface area (Å²) in [6, 6.07) is 12.1. The molecule has 0 radical (unpaired) electrons. The topological polar surface area (TPSA) is 50.3 Å². The minimum atomic E-state index is -3.19. The van der Waals surface area contributed by atoms with Crippen LogP contribution in [0.2, 0.25) is 0 Å². The van der Waals surface area contributed by atoms with Gasteiger partial charge >= 0.3 is 0 Å². The summed E-state index contributed by atoms with van der Waals surface area (Å²) in [5, 5.41) is 0. The van der Waals surface area contributed by atoms with Crippen molar-refractivity contribution in [3.8, 4) is 0 Å². The van der Waals surface area contributed by atoms with E-state index in [0.717, 1.165) is 18.8 Å². The van der Waals surface area contributed by atoms with E-state index >= 15 is 0 Å². The summed E-state index contributed by atoms with van der Waals surface area (Å²) in [6.45, 7) is 3.05. The molecule has 4 nitrogen and oxygen atoms in total. The lowest BCUT2D eigenvalue weighted by atomic mass is 9.94. The molecule has 0 bridgehead atoms. The van der Waals surface area contributed by atoms with Crippen molar-refractivity contribution in [1.82, 2.24) is 4.98 Å².